The maximum absolute atomic E-state index is 11.7. The molecule has 2 rings (SSSR count). The van der Waals surface area contributed by atoms with Gasteiger partial charge in [-0.15, -0.1) is 0 Å². The van der Waals surface area contributed by atoms with E-state index >= 15 is 0 Å². The van der Waals surface area contributed by atoms with Crippen LogP contribution >= 0.6 is 0 Å². The van der Waals surface area contributed by atoms with E-state index < -0.39 is 4.92 Å². The van der Waals surface area contributed by atoms with Crippen molar-refractivity contribution in [2.24, 2.45) is 7.05 Å². The summed E-state index contributed by atoms with van der Waals surface area (Å²) in [5.41, 5.74) is 0.304. The summed E-state index contributed by atoms with van der Waals surface area (Å²) < 4.78 is 1.28. The molecule has 1 aliphatic heterocycles. The lowest BCUT2D eigenvalue weighted by Crippen LogP contribution is -2.57. The van der Waals surface area contributed by atoms with Gasteiger partial charge in [0.25, 0.3) is 5.91 Å². The van der Waals surface area contributed by atoms with Crippen molar-refractivity contribution in [2.75, 3.05) is 13.1 Å². The average Bonchev–Trinajstić information content (AvgIpc) is 2.53. The second-order valence-corrected chi connectivity index (χ2v) is 3.72. The van der Waals surface area contributed by atoms with Gasteiger partial charge in [-0.2, -0.15) is 0 Å². The molecule has 2 heterocycles. The van der Waals surface area contributed by atoms with Gasteiger partial charge in [-0.1, -0.05) is 0 Å². The summed E-state index contributed by atoms with van der Waals surface area (Å²) in [6, 6.07) is 2.91. The first-order valence-corrected chi connectivity index (χ1v) is 4.91. The number of rotatable bonds is 3. The minimum atomic E-state index is -0.512. The predicted molar refractivity (Wildman–Crippen MR) is 56.2 cm³/mol. The molecule has 16 heavy (non-hydrogen) atoms. The van der Waals surface area contributed by atoms with E-state index in [1.54, 1.807) is 0 Å². The lowest BCUT2D eigenvalue weighted by molar-refractivity contribution is -0.391. The molecule has 0 bridgehead atoms. The Labute approximate surface area is 91.6 Å². The van der Waals surface area contributed by atoms with E-state index in [1.165, 1.54) is 23.7 Å². The molecular weight excluding hydrogens is 212 g/mol. The van der Waals surface area contributed by atoms with Crippen molar-refractivity contribution in [3.8, 4) is 0 Å². The molecule has 0 aliphatic carbocycles. The molecule has 0 spiro atoms. The number of nitrogens with zero attached hydrogens (tertiary/aromatic N) is 2. The van der Waals surface area contributed by atoms with Crippen molar-refractivity contribution < 1.29 is 9.72 Å². The van der Waals surface area contributed by atoms with E-state index in [-0.39, 0.29) is 17.8 Å². The smallest absolute Gasteiger partial charge is 0.323 e. The molecule has 1 fully saturated rings. The van der Waals surface area contributed by atoms with Crippen LogP contribution in [0, 0.1) is 10.1 Å². The maximum atomic E-state index is 11.7. The molecule has 2 N–H and O–H groups in total. The fraction of sp³-hybridized carbons (Fsp3) is 0.444. The van der Waals surface area contributed by atoms with Crippen molar-refractivity contribution in [3.63, 3.8) is 0 Å². The molecule has 7 heteroatoms. The maximum Gasteiger partial charge on any atom is 0.323 e. The Kier molecular flexibility index (Phi) is 2.61. The topological polar surface area (TPSA) is 89.2 Å². The lowest BCUT2D eigenvalue weighted by atomic mass is 10.2. The number of hydrogen-bond donors (Lipinski definition) is 2. The number of amides is 1. The van der Waals surface area contributed by atoms with Gasteiger partial charge in [0.15, 0.2) is 5.69 Å². The van der Waals surface area contributed by atoms with E-state index in [9.17, 15) is 14.9 Å². The number of nitrogens with one attached hydrogen (secondary N) is 2. The Hall–Kier alpha value is -1.89. The summed E-state index contributed by atoms with van der Waals surface area (Å²) in [6.45, 7) is 1.50. The van der Waals surface area contributed by atoms with Gasteiger partial charge in [0, 0.05) is 19.2 Å². The van der Waals surface area contributed by atoms with E-state index in [2.05, 4.69) is 10.6 Å². The molecule has 1 aromatic heterocycles. The van der Waals surface area contributed by atoms with Gasteiger partial charge < -0.3 is 20.7 Å². The molecule has 0 unspecified atom stereocenters. The Bertz CT molecular complexity index is 436. The summed E-state index contributed by atoms with van der Waals surface area (Å²) >= 11 is 0. The van der Waals surface area contributed by atoms with Gasteiger partial charge >= 0.3 is 5.82 Å². The fourth-order valence-electron chi connectivity index (χ4n) is 1.56. The fourth-order valence-corrected chi connectivity index (χ4v) is 1.56. The first-order valence-electron chi connectivity index (χ1n) is 4.91. The largest absolute Gasteiger partial charge is 0.358 e. The van der Waals surface area contributed by atoms with Gasteiger partial charge in [0.05, 0.1) is 13.1 Å². The Balaban J connectivity index is 2.13. The van der Waals surface area contributed by atoms with Crippen LogP contribution in [-0.2, 0) is 7.05 Å². The molecule has 0 aromatic carbocycles. The second kappa shape index (κ2) is 3.93. The molecule has 0 atom stereocenters. The number of aromatic nitrogens is 1. The van der Waals surface area contributed by atoms with Gasteiger partial charge in [-0.05, 0) is 11.0 Å². The van der Waals surface area contributed by atoms with E-state index in [0.29, 0.717) is 5.69 Å². The van der Waals surface area contributed by atoms with Gasteiger partial charge in [0.1, 0.15) is 0 Å². The lowest BCUT2D eigenvalue weighted by Gasteiger charge is -2.27. The number of carbonyl (C=O) groups excluding carboxylic acids is 1. The van der Waals surface area contributed by atoms with Gasteiger partial charge in [0.2, 0.25) is 0 Å². The Morgan fingerprint density at radius 1 is 1.62 bits per heavy atom. The van der Waals surface area contributed by atoms with Crippen molar-refractivity contribution >= 4 is 11.7 Å². The third-order valence-electron chi connectivity index (χ3n) is 2.63. The number of hydrogen-bond acceptors (Lipinski definition) is 4. The highest BCUT2D eigenvalue weighted by Crippen LogP contribution is 2.15. The zero-order valence-electron chi connectivity index (χ0n) is 8.77. The van der Waals surface area contributed by atoms with Crippen molar-refractivity contribution in [3.05, 3.63) is 27.9 Å². The van der Waals surface area contributed by atoms with E-state index in [1.807, 2.05) is 0 Å². The molecular formula is C9H12N4O3. The zero-order chi connectivity index (χ0) is 11.7. The Morgan fingerprint density at radius 2 is 2.31 bits per heavy atom. The van der Waals surface area contributed by atoms with Crippen molar-refractivity contribution in [1.82, 2.24) is 15.2 Å². The summed E-state index contributed by atoms with van der Waals surface area (Å²) in [4.78, 5) is 21.8. The van der Waals surface area contributed by atoms with Crippen molar-refractivity contribution in [2.45, 2.75) is 6.04 Å². The van der Waals surface area contributed by atoms with Crippen LogP contribution in [0.4, 0.5) is 5.82 Å². The highest BCUT2D eigenvalue weighted by molar-refractivity contribution is 5.93. The number of carbonyl (C=O) groups is 1. The van der Waals surface area contributed by atoms with E-state index in [4.69, 9.17) is 0 Å². The van der Waals surface area contributed by atoms with Crippen LogP contribution in [0.2, 0.25) is 0 Å². The van der Waals surface area contributed by atoms with Gasteiger partial charge in [-0.25, -0.2) is 4.57 Å². The first kappa shape index (κ1) is 10.6. The first-order chi connectivity index (χ1) is 7.59. The summed E-state index contributed by atoms with van der Waals surface area (Å²) in [5.74, 6) is -0.362. The summed E-state index contributed by atoms with van der Waals surface area (Å²) in [7, 11) is 1.51. The predicted octanol–water partition coefficient (Wildman–Crippen LogP) is -0.365. The Morgan fingerprint density at radius 3 is 2.75 bits per heavy atom. The van der Waals surface area contributed by atoms with Crippen LogP contribution < -0.4 is 10.6 Å². The highest BCUT2D eigenvalue weighted by atomic mass is 16.6. The van der Waals surface area contributed by atoms with Gasteiger partial charge in [-0.3, -0.25) is 4.79 Å². The minimum absolute atomic E-state index is 0.0862. The van der Waals surface area contributed by atoms with E-state index in [0.717, 1.165) is 13.1 Å². The average molecular weight is 224 g/mol. The molecule has 0 saturated carbocycles. The molecule has 7 nitrogen and oxygen atoms in total. The quantitative estimate of drug-likeness (QED) is 0.541. The van der Waals surface area contributed by atoms with Crippen LogP contribution in [0.5, 0.6) is 0 Å². The molecule has 1 aromatic rings. The third-order valence-corrected chi connectivity index (χ3v) is 2.63. The summed E-state index contributed by atoms with van der Waals surface area (Å²) in [5, 5.41) is 16.4. The normalized spacial score (nSPS) is 15.6. The third kappa shape index (κ3) is 1.76. The number of nitro groups is 1. The summed E-state index contributed by atoms with van der Waals surface area (Å²) in [6.07, 6.45) is 0. The molecule has 86 valence electrons. The SMILES string of the molecule is Cn1c(C(=O)NC2CNC2)ccc1[N+](=O)[O-]. The molecule has 0 radical (unpaired) electrons. The molecule has 1 amide bonds. The zero-order valence-corrected chi connectivity index (χ0v) is 8.77. The second-order valence-electron chi connectivity index (χ2n) is 3.72. The monoisotopic (exact) mass is 224 g/mol. The van der Waals surface area contributed by atoms with Crippen LogP contribution in [0.25, 0.3) is 0 Å². The minimum Gasteiger partial charge on any atom is -0.358 e. The van der Waals surface area contributed by atoms with Crippen LogP contribution in [0.3, 0.4) is 0 Å². The molecule has 1 saturated heterocycles. The highest BCUT2D eigenvalue weighted by Gasteiger charge is 2.24. The van der Waals surface area contributed by atoms with Crippen LogP contribution in [-0.4, -0.2) is 34.5 Å². The molecule has 1 aliphatic rings. The van der Waals surface area contributed by atoms with Crippen LogP contribution in [0.1, 0.15) is 10.5 Å². The van der Waals surface area contributed by atoms with Crippen molar-refractivity contribution in [1.29, 1.82) is 0 Å². The standard InChI is InChI=1S/C9H12N4O3/c1-12-7(2-3-8(12)13(15)16)9(14)11-6-4-10-5-6/h2-3,6,10H,4-5H2,1H3,(H,11,14). The van der Waals surface area contributed by atoms with Crippen LogP contribution in [0.15, 0.2) is 12.1 Å².